The van der Waals surface area contributed by atoms with Crippen molar-refractivity contribution in [2.24, 2.45) is 5.73 Å². The number of halogens is 4. The Balaban J connectivity index is 1.48. The lowest BCUT2D eigenvalue weighted by Crippen LogP contribution is -2.51. The van der Waals surface area contributed by atoms with Crippen LogP contribution in [0.15, 0.2) is 48.5 Å². The summed E-state index contributed by atoms with van der Waals surface area (Å²) in [6.07, 6.45) is -3.58. The molecule has 1 amide bonds. The normalized spacial score (nSPS) is 19.4. The Bertz CT molecular complexity index is 1480. The fourth-order valence-electron chi connectivity index (χ4n) is 4.45. The van der Waals surface area contributed by atoms with E-state index in [2.05, 4.69) is 10.3 Å². The highest BCUT2D eigenvalue weighted by Crippen LogP contribution is 2.46. The summed E-state index contributed by atoms with van der Waals surface area (Å²) in [6.45, 7) is -0.204. The van der Waals surface area contributed by atoms with Gasteiger partial charge in [0, 0.05) is 16.7 Å². The van der Waals surface area contributed by atoms with E-state index in [0.29, 0.717) is 5.75 Å². The van der Waals surface area contributed by atoms with Crippen LogP contribution >= 0.6 is 0 Å². The summed E-state index contributed by atoms with van der Waals surface area (Å²) in [4.78, 5) is 17.1. The van der Waals surface area contributed by atoms with Crippen LogP contribution in [0.4, 0.5) is 17.6 Å². The van der Waals surface area contributed by atoms with Crippen molar-refractivity contribution in [3.8, 4) is 28.5 Å². The standard InChI is InChI=1S/C29H29F4N3O6/c1-27(34)15-41-25-20(27)13-23(36-24(25)16-2-5-18(30)6-3-16)28(39,29(31,32)33)14-35-26(38)17-4-9-21(42-19-7-8-19)22(12-17)40-11-10-37/h2-6,9,12-13,19,37,39H,7-8,10-11,14-15,34H2,1H3,(H,35,38). The predicted molar refractivity (Wildman–Crippen MR) is 142 cm³/mol. The molecule has 42 heavy (non-hydrogen) atoms. The van der Waals surface area contributed by atoms with Gasteiger partial charge >= 0.3 is 6.18 Å². The molecule has 2 heterocycles. The highest BCUT2D eigenvalue weighted by atomic mass is 19.4. The number of benzene rings is 2. The van der Waals surface area contributed by atoms with E-state index in [1.807, 2.05) is 0 Å². The lowest BCUT2D eigenvalue weighted by molar-refractivity contribution is -0.265. The van der Waals surface area contributed by atoms with E-state index < -0.39 is 41.3 Å². The lowest BCUT2D eigenvalue weighted by atomic mass is 9.89. The Kier molecular flexibility index (Phi) is 7.77. The summed E-state index contributed by atoms with van der Waals surface area (Å²) >= 11 is 0. The summed E-state index contributed by atoms with van der Waals surface area (Å²) in [5, 5.41) is 22.4. The molecule has 1 aliphatic carbocycles. The van der Waals surface area contributed by atoms with Crippen LogP contribution in [0.1, 0.15) is 41.4 Å². The van der Waals surface area contributed by atoms with Crippen molar-refractivity contribution in [1.29, 1.82) is 0 Å². The zero-order valence-corrected chi connectivity index (χ0v) is 22.5. The zero-order chi connectivity index (χ0) is 30.3. The number of carbonyl (C=O) groups is 1. The largest absolute Gasteiger partial charge is 0.489 e. The maximum atomic E-state index is 14.5. The molecule has 13 heteroatoms. The van der Waals surface area contributed by atoms with E-state index in [1.165, 1.54) is 30.3 Å². The second-order valence-corrected chi connectivity index (χ2v) is 10.5. The van der Waals surface area contributed by atoms with Crippen LogP contribution < -0.4 is 25.3 Å². The van der Waals surface area contributed by atoms with Crippen molar-refractivity contribution < 1.29 is 46.8 Å². The predicted octanol–water partition coefficient (Wildman–Crippen LogP) is 3.55. The molecule has 5 N–H and O–H groups in total. The van der Waals surface area contributed by atoms with Gasteiger partial charge in [-0.2, -0.15) is 13.2 Å². The average Bonchev–Trinajstić information content (AvgIpc) is 3.72. The van der Waals surface area contributed by atoms with Crippen LogP contribution in [0.5, 0.6) is 17.2 Å². The van der Waals surface area contributed by atoms with Gasteiger partial charge in [-0.05, 0) is 68.3 Å². The fourth-order valence-corrected chi connectivity index (χ4v) is 4.45. The van der Waals surface area contributed by atoms with Gasteiger partial charge in [0.1, 0.15) is 24.7 Å². The number of carbonyl (C=O) groups excluding carboxylic acids is 1. The zero-order valence-electron chi connectivity index (χ0n) is 22.5. The SMILES string of the molecule is CC1(N)COc2c1cc(C(O)(CNC(=O)c1ccc(OC3CC3)c(OCCO)c1)C(F)(F)F)nc2-c1ccc(F)cc1. The Morgan fingerprint density at radius 1 is 1.17 bits per heavy atom. The van der Waals surface area contributed by atoms with Crippen LogP contribution in [-0.4, -0.2) is 59.7 Å². The van der Waals surface area contributed by atoms with Crippen molar-refractivity contribution >= 4 is 5.91 Å². The number of amides is 1. The van der Waals surface area contributed by atoms with Crippen molar-refractivity contribution in [3.63, 3.8) is 0 Å². The van der Waals surface area contributed by atoms with Gasteiger partial charge in [0.15, 0.2) is 17.2 Å². The first-order valence-electron chi connectivity index (χ1n) is 13.2. The summed E-state index contributed by atoms with van der Waals surface area (Å²) in [5.74, 6) is -0.912. The first-order chi connectivity index (χ1) is 19.8. The molecule has 0 radical (unpaired) electrons. The first kappa shape index (κ1) is 29.5. The Morgan fingerprint density at radius 3 is 2.52 bits per heavy atom. The van der Waals surface area contributed by atoms with Crippen LogP contribution in [0.3, 0.4) is 0 Å². The average molecular weight is 592 g/mol. The van der Waals surface area contributed by atoms with Gasteiger partial charge in [0.2, 0.25) is 5.60 Å². The van der Waals surface area contributed by atoms with Crippen molar-refractivity contribution in [3.05, 3.63) is 71.2 Å². The molecule has 0 bridgehead atoms. The maximum absolute atomic E-state index is 14.5. The summed E-state index contributed by atoms with van der Waals surface area (Å²) in [5.41, 5.74) is 0.886. The smallest absolute Gasteiger partial charge is 0.424 e. The second kappa shape index (κ2) is 11.0. The van der Waals surface area contributed by atoms with Gasteiger partial charge in [-0.25, -0.2) is 9.37 Å². The number of aromatic nitrogens is 1. The molecule has 3 aromatic rings. The van der Waals surface area contributed by atoms with Crippen molar-refractivity contribution in [2.75, 3.05) is 26.4 Å². The van der Waals surface area contributed by atoms with E-state index in [0.717, 1.165) is 31.0 Å². The monoisotopic (exact) mass is 591 g/mol. The van der Waals surface area contributed by atoms with Gasteiger partial charge < -0.3 is 35.5 Å². The van der Waals surface area contributed by atoms with Gasteiger partial charge in [0.05, 0.1) is 30.5 Å². The van der Waals surface area contributed by atoms with Gasteiger partial charge in [-0.1, -0.05) is 0 Å². The molecule has 5 rings (SSSR count). The quantitative estimate of drug-likeness (QED) is 0.263. The van der Waals surface area contributed by atoms with Gasteiger partial charge in [-0.15, -0.1) is 0 Å². The first-order valence-corrected chi connectivity index (χ1v) is 13.2. The minimum absolute atomic E-state index is 0.00310. The Morgan fingerprint density at radius 2 is 1.88 bits per heavy atom. The third kappa shape index (κ3) is 5.85. The van der Waals surface area contributed by atoms with Crippen molar-refractivity contribution in [2.45, 2.75) is 43.2 Å². The summed E-state index contributed by atoms with van der Waals surface area (Å²) in [6, 6.07) is 9.97. The number of alkyl halides is 3. The number of hydrogen-bond donors (Lipinski definition) is 4. The molecule has 1 saturated carbocycles. The van der Waals surface area contributed by atoms with Crippen LogP contribution in [0.25, 0.3) is 11.3 Å². The minimum Gasteiger partial charge on any atom is -0.489 e. The molecule has 0 spiro atoms. The number of hydrogen-bond acceptors (Lipinski definition) is 8. The van der Waals surface area contributed by atoms with Crippen molar-refractivity contribution in [1.82, 2.24) is 10.3 Å². The number of fused-ring (bicyclic) bond motifs is 1. The molecule has 0 saturated heterocycles. The molecule has 1 aromatic heterocycles. The molecule has 224 valence electrons. The highest BCUT2D eigenvalue weighted by molar-refractivity contribution is 5.95. The number of nitrogens with two attached hydrogens (primary N) is 1. The molecule has 2 unspecified atom stereocenters. The highest BCUT2D eigenvalue weighted by Gasteiger charge is 2.57. The van der Waals surface area contributed by atoms with Gasteiger partial charge in [-0.3, -0.25) is 4.79 Å². The Hall–Kier alpha value is -3.94. The van der Waals surface area contributed by atoms with Crippen LogP contribution in [0.2, 0.25) is 0 Å². The molecule has 1 fully saturated rings. The summed E-state index contributed by atoms with van der Waals surface area (Å²) < 4.78 is 74.1. The molecular weight excluding hydrogens is 562 g/mol. The lowest BCUT2D eigenvalue weighted by Gasteiger charge is -2.31. The van der Waals surface area contributed by atoms with Crippen LogP contribution in [0, 0.1) is 5.82 Å². The number of aliphatic hydroxyl groups excluding tert-OH is 1. The van der Waals surface area contributed by atoms with E-state index in [1.54, 1.807) is 6.92 Å². The Labute approximate surface area is 238 Å². The molecule has 1 aliphatic heterocycles. The number of aliphatic hydroxyl groups is 2. The molecular formula is C29H29F4N3O6. The van der Waals surface area contributed by atoms with Gasteiger partial charge in [0.25, 0.3) is 5.91 Å². The third-order valence-corrected chi connectivity index (χ3v) is 6.99. The van der Waals surface area contributed by atoms with E-state index in [-0.39, 0.29) is 59.8 Å². The maximum Gasteiger partial charge on any atom is 0.424 e. The minimum atomic E-state index is -5.29. The second-order valence-electron chi connectivity index (χ2n) is 10.5. The molecule has 2 aliphatic rings. The number of nitrogens with zero attached hydrogens (tertiary/aromatic N) is 1. The van der Waals surface area contributed by atoms with Crippen LogP contribution in [-0.2, 0) is 11.1 Å². The molecule has 9 nitrogen and oxygen atoms in total. The van der Waals surface area contributed by atoms with E-state index in [9.17, 15) is 27.5 Å². The molecule has 2 atom stereocenters. The van der Waals surface area contributed by atoms with E-state index in [4.69, 9.17) is 25.1 Å². The number of rotatable bonds is 10. The van der Waals surface area contributed by atoms with E-state index >= 15 is 0 Å². The summed E-state index contributed by atoms with van der Waals surface area (Å²) in [7, 11) is 0. The number of pyridine rings is 1. The topological polar surface area (TPSA) is 136 Å². The molecule has 2 aromatic carbocycles. The number of nitrogens with one attached hydrogen (secondary N) is 1. The fraction of sp³-hybridized carbons (Fsp3) is 0.379. The number of ether oxygens (including phenoxy) is 3. The third-order valence-electron chi connectivity index (χ3n) is 6.99.